The largest absolute Gasteiger partial charge is 0.493 e. The Balaban J connectivity index is 1.45. The van der Waals surface area contributed by atoms with Crippen LogP contribution in [-0.2, 0) is 11.2 Å². The third-order valence-electron chi connectivity index (χ3n) is 4.56. The van der Waals surface area contributed by atoms with Crippen molar-refractivity contribution in [1.82, 2.24) is 4.98 Å². The van der Waals surface area contributed by atoms with Gasteiger partial charge in [0, 0.05) is 35.5 Å². The van der Waals surface area contributed by atoms with Crippen LogP contribution in [0.25, 0.3) is 0 Å². The van der Waals surface area contributed by atoms with Gasteiger partial charge in [0.05, 0.1) is 13.7 Å². The van der Waals surface area contributed by atoms with Crippen molar-refractivity contribution >= 4 is 28.2 Å². The fourth-order valence-electron chi connectivity index (χ4n) is 2.90. The Labute approximate surface area is 188 Å². The predicted octanol–water partition coefficient (Wildman–Crippen LogP) is 5.02. The number of halogens is 2. The number of Topliss-reactive ketones (excluding diaryl/α,β-unsaturated/α-hetero) is 1. The van der Waals surface area contributed by atoms with Gasteiger partial charge in [-0.2, -0.15) is 0 Å². The van der Waals surface area contributed by atoms with E-state index in [9.17, 15) is 18.4 Å². The molecule has 0 unspecified atom stereocenters. The Morgan fingerprint density at radius 3 is 2.66 bits per heavy atom. The molecule has 32 heavy (non-hydrogen) atoms. The maximum absolute atomic E-state index is 13.8. The van der Waals surface area contributed by atoms with Crippen LogP contribution >= 0.6 is 11.3 Å². The highest BCUT2D eigenvalue weighted by Gasteiger charge is 2.11. The number of hydrogen-bond donors (Lipinski definition) is 1. The first-order chi connectivity index (χ1) is 15.4. The summed E-state index contributed by atoms with van der Waals surface area (Å²) in [5, 5.41) is 3.12. The fourth-order valence-corrected chi connectivity index (χ4v) is 3.75. The van der Waals surface area contributed by atoms with Gasteiger partial charge in [0.25, 0.3) is 0 Å². The standard InChI is InChI=1S/C23H22F2N2O4S/c1-14(28)15-6-8-20(21(11-15)30-2)31-9-3-4-22(29)27-23-26-13-18(32-23)10-16-5-7-17(24)12-19(16)25/h5-8,11-13H,3-4,9-10H2,1-2H3,(H,26,27,29). The molecule has 9 heteroatoms. The van der Waals surface area contributed by atoms with Crippen LogP contribution in [0, 0.1) is 11.6 Å². The minimum atomic E-state index is -0.626. The minimum absolute atomic E-state index is 0.0698. The molecule has 0 aliphatic carbocycles. The first-order valence-corrected chi connectivity index (χ1v) is 10.7. The molecule has 0 radical (unpaired) electrons. The summed E-state index contributed by atoms with van der Waals surface area (Å²) in [6, 6.07) is 8.38. The topological polar surface area (TPSA) is 77.5 Å². The van der Waals surface area contributed by atoms with Crippen molar-refractivity contribution in [3.63, 3.8) is 0 Å². The van der Waals surface area contributed by atoms with E-state index in [1.54, 1.807) is 24.4 Å². The van der Waals surface area contributed by atoms with Crippen LogP contribution in [0.15, 0.2) is 42.6 Å². The van der Waals surface area contributed by atoms with Gasteiger partial charge in [-0.1, -0.05) is 6.07 Å². The van der Waals surface area contributed by atoms with E-state index in [1.165, 1.54) is 37.5 Å². The number of carbonyl (C=O) groups is 2. The highest BCUT2D eigenvalue weighted by atomic mass is 32.1. The summed E-state index contributed by atoms with van der Waals surface area (Å²) < 4.78 is 37.7. The van der Waals surface area contributed by atoms with Crippen molar-refractivity contribution in [2.45, 2.75) is 26.2 Å². The number of amides is 1. The molecule has 0 bridgehead atoms. The van der Waals surface area contributed by atoms with Gasteiger partial charge < -0.3 is 14.8 Å². The summed E-state index contributed by atoms with van der Waals surface area (Å²) in [7, 11) is 1.49. The number of ketones is 1. The molecule has 1 N–H and O–H groups in total. The molecule has 0 aliphatic rings. The van der Waals surface area contributed by atoms with Crippen molar-refractivity contribution < 1.29 is 27.8 Å². The van der Waals surface area contributed by atoms with Gasteiger partial charge in [-0.3, -0.25) is 9.59 Å². The van der Waals surface area contributed by atoms with Crippen LogP contribution in [0.2, 0.25) is 0 Å². The number of aromatic nitrogens is 1. The SMILES string of the molecule is COc1cc(C(C)=O)ccc1OCCCC(=O)Nc1ncc(Cc2ccc(F)cc2F)s1. The Kier molecular flexibility index (Phi) is 7.88. The van der Waals surface area contributed by atoms with Crippen LogP contribution in [0.5, 0.6) is 11.5 Å². The maximum atomic E-state index is 13.8. The third-order valence-corrected chi connectivity index (χ3v) is 5.47. The van der Waals surface area contributed by atoms with E-state index in [4.69, 9.17) is 9.47 Å². The van der Waals surface area contributed by atoms with Crippen LogP contribution in [0.1, 0.15) is 40.6 Å². The first kappa shape index (κ1) is 23.3. The number of nitrogens with zero attached hydrogens (tertiary/aromatic N) is 1. The highest BCUT2D eigenvalue weighted by Crippen LogP contribution is 2.28. The van der Waals surface area contributed by atoms with Gasteiger partial charge in [0.1, 0.15) is 11.6 Å². The second-order valence-electron chi connectivity index (χ2n) is 6.97. The molecule has 2 aromatic carbocycles. The van der Waals surface area contributed by atoms with Crippen LogP contribution in [-0.4, -0.2) is 30.4 Å². The number of thiazole rings is 1. The number of nitrogens with one attached hydrogen (secondary N) is 1. The second-order valence-corrected chi connectivity index (χ2v) is 8.08. The smallest absolute Gasteiger partial charge is 0.226 e. The molecule has 0 fully saturated rings. The molecule has 0 atom stereocenters. The van der Waals surface area contributed by atoms with Gasteiger partial charge in [0.2, 0.25) is 5.91 Å². The van der Waals surface area contributed by atoms with E-state index < -0.39 is 11.6 Å². The number of ether oxygens (including phenoxy) is 2. The summed E-state index contributed by atoms with van der Waals surface area (Å²) in [4.78, 5) is 28.5. The van der Waals surface area contributed by atoms with E-state index >= 15 is 0 Å². The molecule has 1 heterocycles. The van der Waals surface area contributed by atoms with Gasteiger partial charge in [-0.25, -0.2) is 13.8 Å². The molecule has 3 aromatic rings. The van der Waals surface area contributed by atoms with E-state index in [1.807, 2.05) is 0 Å². The Morgan fingerprint density at radius 2 is 1.94 bits per heavy atom. The molecule has 1 amide bonds. The average Bonchev–Trinajstić information content (AvgIpc) is 3.19. The number of hydrogen-bond acceptors (Lipinski definition) is 6. The Bertz CT molecular complexity index is 1120. The zero-order valence-electron chi connectivity index (χ0n) is 17.6. The monoisotopic (exact) mass is 460 g/mol. The van der Waals surface area contributed by atoms with Crippen molar-refractivity contribution in [2.24, 2.45) is 0 Å². The summed E-state index contributed by atoms with van der Waals surface area (Å²) in [6.45, 7) is 1.76. The average molecular weight is 461 g/mol. The number of benzene rings is 2. The van der Waals surface area contributed by atoms with Gasteiger partial charge in [0.15, 0.2) is 22.4 Å². The zero-order chi connectivity index (χ0) is 23.1. The van der Waals surface area contributed by atoms with E-state index in [-0.39, 0.29) is 31.1 Å². The molecule has 6 nitrogen and oxygen atoms in total. The summed E-state index contributed by atoms with van der Waals surface area (Å²) in [6.07, 6.45) is 2.50. The first-order valence-electron chi connectivity index (χ1n) is 9.86. The molecular formula is C23H22F2N2O4S. The van der Waals surface area contributed by atoms with E-state index in [0.29, 0.717) is 34.2 Å². The Morgan fingerprint density at radius 1 is 1.12 bits per heavy atom. The number of methoxy groups -OCH3 is 1. The lowest BCUT2D eigenvalue weighted by atomic mass is 10.1. The number of anilines is 1. The van der Waals surface area contributed by atoms with E-state index in [2.05, 4.69) is 10.3 Å². The van der Waals surface area contributed by atoms with Crippen molar-refractivity contribution in [2.75, 3.05) is 19.0 Å². The molecule has 3 rings (SSSR count). The van der Waals surface area contributed by atoms with Gasteiger partial charge >= 0.3 is 0 Å². The quantitative estimate of drug-likeness (QED) is 0.340. The van der Waals surface area contributed by atoms with Crippen LogP contribution < -0.4 is 14.8 Å². The molecule has 0 saturated carbocycles. The molecule has 168 valence electrons. The highest BCUT2D eigenvalue weighted by molar-refractivity contribution is 7.15. The van der Waals surface area contributed by atoms with Crippen molar-refractivity contribution in [3.8, 4) is 11.5 Å². The van der Waals surface area contributed by atoms with Gasteiger partial charge in [-0.15, -0.1) is 11.3 Å². The predicted molar refractivity (Wildman–Crippen MR) is 118 cm³/mol. The lowest BCUT2D eigenvalue weighted by molar-refractivity contribution is -0.116. The molecule has 0 aliphatic heterocycles. The fraction of sp³-hybridized carbons (Fsp3) is 0.261. The van der Waals surface area contributed by atoms with Crippen LogP contribution in [0.4, 0.5) is 13.9 Å². The van der Waals surface area contributed by atoms with E-state index in [0.717, 1.165) is 10.9 Å². The maximum Gasteiger partial charge on any atom is 0.226 e. The third kappa shape index (κ3) is 6.34. The second kappa shape index (κ2) is 10.8. The molecule has 0 saturated heterocycles. The van der Waals surface area contributed by atoms with Gasteiger partial charge in [-0.05, 0) is 43.2 Å². The molecular weight excluding hydrogens is 438 g/mol. The summed E-state index contributed by atoms with van der Waals surface area (Å²) in [5.41, 5.74) is 0.885. The van der Waals surface area contributed by atoms with Crippen LogP contribution in [0.3, 0.4) is 0 Å². The number of carbonyl (C=O) groups excluding carboxylic acids is 2. The Hall–Kier alpha value is -3.33. The zero-order valence-corrected chi connectivity index (χ0v) is 18.4. The van der Waals surface area contributed by atoms with Crippen molar-refractivity contribution in [3.05, 3.63) is 70.2 Å². The summed E-state index contributed by atoms with van der Waals surface area (Å²) in [5.74, 6) is -0.581. The molecule has 1 aromatic heterocycles. The molecule has 0 spiro atoms. The summed E-state index contributed by atoms with van der Waals surface area (Å²) >= 11 is 1.23. The lowest BCUT2D eigenvalue weighted by Crippen LogP contribution is -2.12. The lowest BCUT2D eigenvalue weighted by Gasteiger charge is -2.11. The number of rotatable bonds is 10. The normalized spacial score (nSPS) is 10.6. The minimum Gasteiger partial charge on any atom is -0.493 e. The van der Waals surface area contributed by atoms with Crippen molar-refractivity contribution in [1.29, 1.82) is 0 Å².